The van der Waals surface area contributed by atoms with E-state index in [1.807, 2.05) is 6.07 Å². The summed E-state index contributed by atoms with van der Waals surface area (Å²) in [5, 5.41) is 22.9. The molecule has 3 aromatic carbocycles. The third-order valence-electron chi connectivity index (χ3n) is 5.87. The van der Waals surface area contributed by atoms with E-state index in [0.29, 0.717) is 35.2 Å². The lowest BCUT2D eigenvalue weighted by atomic mass is 10.0. The van der Waals surface area contributed by atoms with Crippen molar-refractivity contribution in [1.82, 2.24) is 5.32 Å². The first kappa shape index (κ1) is 24.9. The Morgan fingerprint density at radius 3 is 2.39 bits per heavy atom. The van der Waals surface area contributed by atoms with Crippen LogP contribution in [0.5, 0.6) is 23.0 Å². The maximum absolute atomic E-state index is 14.0. The number of carbonyl (C=O) groups excluding carboxylic acids is 2. The molecule has 4 rings (SSSR count). The van der Waals surface area contributed by atoms with Gasteiger partial charge >= 0.3 is 0 Å². The van der Waals surface area contributed by atoms with E-state index in [1.165, 1.54) is 29.2 Å². The summed E-state index contributed by atoms with van der Waals surface area (Å²) >= 11 is 0. The van der Waals surface area contributed by atoms with E-state index in [2.05, 4.69) is 19.2 Å². The molecular weight excluding hydrogens is 460 g/mol. The van der Waals surface area contributed by atoms with Gasteiger partial charge in [0.1, 0.15) is 24.1 Å². The smallest absolute Gasteiger partial charge is 0.272 e. The third-order valence-corrected chi connectivity index (χ3v) is 5.87. The first-order chi connectivity index (χ1) is 17.3. The van der Waals surface area contributed by atoms with Crippen LogP contribution in [0, 0.1) is 5.92 Å². The second-order valence-corrected chi connectivity index (χ2v) is 9.06. The van der Waals surface area contributed by atoms with Gasteiger partial charge in [0.2, 0.25) is 12.0 Å². The van der Waals surface area contributed by atoms with Crippen LogP contribution in [0.4, 0.5) is 5.69 Å². The Balaban J connectivity index is 1.74. The van der Waals surface area contributed by atoms with E-state index >= 15 is 0 Å². The Morgan fingerprint density at radius 1 is 0.972 bits per heavy atom. The van der Waals surface area contributed by atoms with Crippen molar-refractivity contribution in [2.75, 3.05) is 18.1 Å². The highest BCUT2D eigenvalue weighted by Crippen LogP contribution is 2.35. The summed E-state index contributed by atoms with van der Waals surface area (Å²) in [4.78, 5) is 28.9. The number of nitrogens with one attached hydrogen (secondary N) is 1. The van der Waals surface area contributed by atoms with Gasteiger partial charge in [-0.1, -0.05) is 44.2 Å². The van der Waals surface area contributed by atoms with Crippen molar-refractivity contribution in [3.8, 4) is 23.0 Å². The first-order valence-corrected chi connectivity index (χ1v) is 11.9. The van der Waals surface area contributed by atoms with Crippen molar-refractivity contribution in [3.63, 3.8) is 0 Å². The molecule has 0 spiro atoms. The zero-order valence-electron chi connectivity index (χ0n) is 20.3. The fourth-order valence-electron chi connectivity index (χ4n) is 4.00. The van der Waals surface area contributed by atoms with Crippen LogP contribution in [-0.2, 0) is 9.59 Å². The van der Waals surface area contributed by atoms with Crippen LogP contribution in [0.2, 0.25) is 0 Å². The number of rotatable bonds is 8. The van der Waals surface area contributed by atoms with Crippen molar-refractivity contribution in [2.24, 2.45) is 5.92 Å². The number of hydrogen-bond acceptors (Lipinski definition) is 6. The maximum atomic E-state index is 14.0. The Morgan fingerprint density at radius 2 is 1.69 bits per heavy atom. The molecule has 3 aromatic rings. The normalized spacial score (nSPS) is 15.2. The minimum atomic E-state index is -1.09. The first-order valence-electron chi connectivity index (χ1n) is 11.9. The van der Waals surface area contributed by atoms with Gasteiger partial charge in [-0.05, 0) is 54.3 Å². The summed E-state index contributed by atoms with van der Waals surface area (Å²) in [5.41, 5.74) is 0.809. The predicted octanol–water partition coefficient (Wildman–Crippen LogP) is 4.17. The Bertz CT molecular complexity index is 1210. The number of fused-ring (bicyclic) bond motifs is 1. The second kappa shape index (κ2) is 11.0. The number of carbonyl (C=O) groups is 2. The van der Waals surface area contributed by atoms with E-state index in [1.54, 1.807) is 42.5 Å². The molecule has 0 fully saturated rings. The molecule has 0 bridgehead atoms. The van der Waals surface area contributed by atoms with Gasteiger partial charge in [0, 0.05) is 18.3 Å². The molecule has 3 N–H and O–H groups in total. The lowest BCUT2D eigenvalue weighted by Gasteiger charge is -2.35. The molecule has 2 amide bonds. The zero-order valence-corrected chi connectivity index (χ0v) is 20.3. The maximum Gasteiger partial charge on any atom is 0.272 e. The van der Waals surface area contributed by atoms with Gasteiger partial charge in [-0.15, -0.1) is 0 Å². The van der Waals surface area contributed by atoms with Gasteiger partial charge in [-0.3, -0.25) is 14.5 Å². The largest absolute Gasteiger partial charge is 0.508 e. The summed E-state index contributed by atoms with van der Waals surface area (Å²) in [6.07, 6.45) is -0.255. The summed E-state index contributed by atoms with van der Waals surface area (Å²) in [5.74, 6) is 0.429. The van der Waals surface area contributed by atoms with Crippen LogP contribution >= 0.6 is 0 Å². The number of phenolic OH excluding ortho intramolecular Hbond substituents is 2. The molecular formula is C28H30N2O6. The topological polar surface area (TPSA) is 108 Å². The number of phenols is 2. The lowest BCUT2D eigenvalue weighted by molar-refractivity contribution is -0.131. The average Bonchev–Trinajstić information content (AvgIpc) is 2.87. The van der Waals surface area contributed by atoms with Crippen molar-refractivity contribution >= 4 is 17.5 Å². The van der Waals surface area contributed by atoms with Crippen LogP contribution in [0.1, 0.15) is 31.9 Å². The number of ether oxygens (including phenoxy) is 2. The minimum Gasteiger partial charge on any atom is -0.508 e. The molecule has 0 radical (unpaired) electrons. The number of anilines is 1. The number of aromatic hydroxyl groups is 2. The quantitative estimate of drug-likeness (QED) is 0.437. The molecule has 0 aromatic heterocycles. The zero-order chi connectivity index (χ0) is 25.7. The molecule has 1 heterocycles. The molecule has 188 valence electrons. The molecule has 0 unspecified atom stereocenters. The number of para-hydroxylation sites is 2. The monoisotopic (exact) mass is 490 g/mol. The molecule has 8 heteroatoms. The molecule has 1 aliphatic heterocycles. The van der Waals surface area contributed by atoms with E-state index < -0.39 is 24.0 Å². The van der Waals surface area contributed by atoms with Crippen LogP contribution in [0.25, 0.3) is 0 Å². The highest BCUT2D eigenvalue weighted by Gasteiger charge is 2.39. The summed E-state index contributed by atoms with van der Waals surface area (Å²) in [6.45, 7) is 4.51. The Labute approximate surface area is 210 Å². The lowest BCUT2D eigenvalue weighted by Crippen LogP contribution is -2.51. The standard InChI is InChI=1S/C28H30N2O6/c1-18(2)14-15-29-27(33)26(19-10-12-21(31)13-11-19)30(20-6-5-7-22(32)16-20)28(34)25-17-35-23-8-3-4-9-24(23)36-25/h3-13,16,18,25-26,31-32H,14-15,17H2,1-2H3,(H,29,33)/t25-,26-/m1/s1. The fourth-order valence-corrected chi connectivity index (χ4v) is 4.00. The molecule has 0 saturated carbocycles. The van der Waals surface area contributed by atoms with Crippen LogP contribution < -0.4 is 19.7 Å². The van der Waals surface area contributed by atoms with Crippen LogP contribution in [0.15, 0.2) is 72.8 Å². The van der Waals surface area contributed by atoms with Gasteiger partial charge in [-0.2, -0.15) is 0 Å². The van der Waals surface area contributed by atoms with Crippen molar-refractivity contribution in [2.45, 2.75) is 32.4 Å². The fraction of sp³-hybridized carbons (Fsp3) is 0.286. The summed E-state index contributed by atoms with van der Waals surface area (Å²) in [6, 6.07) is 18.2. The van der Waals surface area contributed by atoms with Gasteiger partial charge in [0.05, 0.1) is 0 Å². The van der Waals surface area contributed by atoms with Gasteiger partial charge < -0.3 is 25.0 Å². The Hall–Kier alpha value is -4.20. The molecule has 0 aliphatic carbocycles. The molecule has 0 saturated heterocycles. The van der Waals surface area contributed by atoms with Gasteiger partial charge in [-0.25, -0.2) is 0 Å². The average molecular weight is 491 g/mol. The van der Waals surface area contributed by atoms with E-state index in [9.17, 15) is 19.8 Å². The van der Waals surface area contributed by atoms with E-state index in [4.69, 9.17) is 9.47 Å². The summed E-state index contributed by atoms with van der Waals surface area (Å²) < 4.78 is 11.7. The SMILES string of the molecule is CC(C)CCNC(=O)[C@@H](c1ccc(O)cc1)N(C(=O)[C@H]1COc2ccccc2O1)c1cccc(O)c1. The number of amides is 2. The highest BCUT2D eigenvalue weighted by molar-refractivity contribution is 6.03. The number of nitrogens with zero attached hydrogens (tertiary/aromatic N) is 1. The second-order valence-electron chi connectivity index (χ2n) is 9.06. The van der Waals surface area contributed by atoms with Crippen molar-refractivity contribution < 1.29 is 29.3 Å². The van der Waals surface area contributed by atoms with Gasteiger partial charge in [0.25, 0.3) is 5.91 Å². The molecule has 2 atom stereocenters. The molecule has 36 heavy (non-hydrogen) atoms. The van der Waals surface area contributed by atoms with E-state index in [-0.39, 0.29) is 18.1 Å². The minimum absolute atomic E-state index is 0.0357. The van der Waals surface area contributed by atoms with Crippen molar-refractivity contribution in [1.29, 1.82) is 0 Å². The predicted molar refractivity (Wildman–Crippen MR) is 135 cm³/mol. The van der Waals surface area contributed by atoms with Crippen molar-refractivity contribution in [3.05, 3.63) is 78.4 Å². The summed E-state index contributed by atoms with van der Waals surface area (Å²) in [7, 11) is 0. The number of benzene rings is 3. The van der Waals surface area contributed by atoms with Crippen LogP contribution in [0.3, 0.4) is 0 Å². The molecule has 1 aliphatic rings. The molecule has 8 nitrogen and oxygen atoms in total. The van der Waals surface area contributed by atoms with E-state index in [0.717, 1.165) is 6.42 Å². The Kier molecular flexibility index (Phi) is 7.63. The van der Waals surface area contributed by atoms with Gasteiger partial charge in [0.15, 0.2) is 11.5 Å². The third kappa shape index (κ3) is 5.71. The number of hydrogen-bond donors (Lipinski definition) is 3. The highest BCUT2D eigenvalue weighted by atomic mass is 16.6. The van der Waals surface area contributed by atoms with Crippen LogP contribution in [-0.4, -0.2) is 41.3 Å².